The van der Waals surface area contributed by atoms with E-state index in [9.17, 15) is 18.8 Å². The molecule has 0 radical (unpaired) electrons. The van der Waals surface area contributed by atoms with Crippen molar-refractivity contribution in [2.24, 2.45) is 0 Å². The molecule has 0 aliphatic rings. The Morgan fingerprint density at radius 3 is 2.77 bits per heavy atom. The summed E-state index contributed by atoms with van der Waals surface area (Å²) >= 11 is 5.85. The number of amides is 2. The van der Waals surface area contributed by atoms with Crippen LogP contribution in [0, 0.1) is 5.82 Å². The lowest BCUT2D eigenvalue weighted by Crippen LogP contribution is -2.32. The van der Waals surface area contributed by atoms with Crippen LogP contribution in [0.3, 0.4) is 0 Å². The second-order valence-electron chi connectivity index (χ2n) is 6.37. The Kier molecular flexibility index (Phi) is 6.63. The van der Waals surface area contributed by atoms with E-state index in [1.54, 1.807) is 18.2 Å². The van der Waals surface area contributed by atoms with Gasteiger partial charge in [-0.1, -0.05) is 29.8 Å². The van der Waals surface area contributed by atoms with Gasteiger partial charge in [-0.25, -0.2) is 4.39 Å². The summed E-state index contributed by atoms with van der Waals surface area (Å²) in [5.74, 6) is -2.27. The number of fused-ring (bicyclic) bond motifs is 1. The Balaban J connectivity index is 1.45. The molecule has 2 aromatic carbocycles. The minimum Gasteiger partial charge on any atom is -0.452 e. The van der Waals surface area contributed by atoms with Crippen LogP contribution in [0.15, 0.2) is 42.5 Å². The third-order valence-corrected chi connectivity index (χ3v) is 4.48. The Morgan fingerprint density at radius 1 is 1.23 bits per heavy atom. The first kappa shape index (κ1) is 21.3. The number of benzene rings is 2. The first-order chi connectivity index (χ1) is 14.3. The van der Waals surface area contributed by atoms with E-state index >= 15 is 0 Å². The van der Waals surface area contributed by atoms with E-state index in [0.717, 1.165) is 17.6 Å². The lowest BCUT2D eigenvalue weighted by Gasteiger charge is -2.14. The molecule has 156 valence electrons. The zero-order valence-corrected chi connectivity index (χ0v) is 16.6. The van der Waals surface area contributed by atoms with E-state index < -0.39 is 29.7 Å². The zero-order valence-electron chi connectivity index (χ0n) is 15.9. The van der Waals surface area contributed by atoms with E-state index in [4.69, 9.17) is 16.3 Å². The zero-order chi connectivity index (χ0) is 21.7. The molecule has 1 aromatic heterocycles. The molecule has 0 aliphatic heterocycles. The molecule has 3 N–H and O–H groups in total. The number of rotatable bonds is 7. The summed E-state index contributed by atoms with van der Waals surface area (Å²) in [5.41, 5.74) is 1.15. The number of para-hydroxylation sites is 1. The number of hydrogen-bond acceptors (Lipinski definition) is 5. The fraction of sp³-hybridized carbons (Fsp3) is 0.200. The van der Waals surface area contributed by atoms with Crippen molar-refractivity contribution in [3.8, 4) is 0 Å². The highest BCUT2D eigenvalue weighted by molar-refractivity contribution is 6.33. The maximum Gasteiger partial charge on any atom is 0.308 e. The van der Waals surface area contributed by atoms with Crippen LogP contribution < -0.4 is 10.6 Å². The van der Waals surface area contributed by atoms with Crippen LogP contribution in [0.2, 0.25) is 5.02 Å². The predicted octanol–water partition coefficient (Wildman–Crippen LogP) is 3.05. The van der Waals surface area contributed by atoms with Gasteiger partial charge in [-0.3, -0.25) is 19.5 Å². The quantitative estimate of drug-likeness (QED) is 0.496. The molecule has 3 aromatic rings. The van der Waals surface area contributed by atoms with Crippen molar-refractivity contribution >= 4 is 46.0 Å². The van der Waals surface area contributed by atoms with Crippen molar-refractivity contribution in [1.82, 2.24) is 15.5 Å². The normalized spacial score (nSPS) is 11.7. The van der Waals surface area contributed by atoms with Crippen LogP contribution in [0.4, 0.5) is 10.1 Å². The number of nitrogens with zero attached hydrogens (tertiary/aromatic N) is 1. The lowest BCUT2D eigenvalue weighted by atomic mass is 10.2. The largest absolute Gasteiger partial charge is 0.452 e. The second-order valence-corrected chi connectivity index (χ2v) is 6.78. The third-order valence-electron chi connectivity index (χ3n) is 4.17. The Bertz CT molecular complexity index is 1100. The number of nitrogens with one attached hydrogen (secondary N) is 3. The van der Waals surface area contributed by atoms with Crippen molar-refractivity contribution < 1.29 is 23.5 Å². The molecule has 10 heteroatoms. The highest BCUT2D eigenvalue weighted by atomic mass is 35.5. The van der Waals surface area contributed by atoms with Gasteiger partial charge in [0.15, 0.2) is 11.8 Å². The van der Waals surface area contributed by atoms with Crippen molar-refractivity contribution in [3.05, 3.63) is 59.0 Å². The SMILES string of the molecule is CC(OC(=O)CCNC(=O)c1n[nH]c2ccccc12)C(=O)Nc1ccc(F)cc1Cl. The van der Waals surface area contributed by atoms with Crippen LogP contribution >= 0.6 is 11.6 Å². The number of carbonyl (C=O) groups excluding carboxylic acids is 3. The van der Waals surface area contributed by atoms with Crippen LogP contribution in [-0.2, 0) is 14.3 Å². The standard InChI is InChI=1S/C20H18ClFN4O4/c1-11(19(28)24-16-7-6-12(22)10-14(16)21)30-17(27)8-9-23-20(29)18-13-4-2-3-5-15(13)25-26-18/h2-7,10-11H,8-9H2,1H3,(H,23,29)(H,24,28)(H,25,26). The average Bonchev–Trinajstić information content (AvgIpc) is 3.14. The fourth-order valence-corrected chi connectivity index (χ4v) is 2.85. The summed E-state index contributed by atoms with van der Waals surface area (Å²) in [7, 11) is 0. The molecule has 0 aliphatic carbocycles. The van der Waals surface area contributed by atoms with Gasteiger partial charge >= 0.3 is 5.97 Å². The minimum atomic E-state index is -1.11. The molecule has 30 heavy (non-hydrogen) atoms. The first-order valence-electron chi connectivity index (χ1n) is 9.02. The Morgan fingerprint density at radius 2 is 2.00 bits per heavy atom. The average molecular weight is 433 g/mol. The van der Waals surface area contributed by atoms with Gasteiger partial charge in [0.2, 0.25) is 0 Å². The monoisotopic (exact) mass is 432 g/mol. The van der Waals surface area contributed by atoms with Crippen LogP contribution in [-0.4, -0.2) is 40.6 Å². The molecule has 0 spiro atoms. The van der Waals surface area contributed by atoms with E-state index in [-0.39, 0.29) is 29.4 Å². The van der Waals surface area contributed by atoms with Crippen LogP contribution in [0.5, 0.6) is 0 Å². The topological polar surface area (TPSA) is 113 Å². The highest BCUT2D eigenvalue weighted by Crippen LogP contribution is 2.22. The van der Waals surface area contributed by atoms with E-state index in [1.165, 1.54) is 13.0 Å². The Hall–Kier alpha value is -3.46. The van der Waals surface area contributed by atoms with Gasteiger partial charge in [-0.15, -0.1) is 0 Å². The molecule has 8 nitrogen and oxygen atoms in total. The molecule has 2 amide bonds. The molecular weight excluding hydrogens is 415 g/mol. The van der Waals surface area contributed by atoms with Gasteiger partial charge in [-0.05, 0) is 31.2 Å². The summed E-state index contributed by atoms with van der Waals surface area (Å²) in [6.45, 7) is 1.40. The summed E-state index contributed by atoms with van der Waals surface area (Å²) in [5, 5.41) is 12.5. The molecule has 0 fully saturated rings. The molecule has 1 unspecified atom stereocenters. The molecule has 0 bridgehead atoms. The van der Waals surface area contributed by atoms with Gasteiger partial charge in [-0.2, -0.15) is 5.10 Å². The van der Waals surface area contributed by atoms with Crippen molar-refractivity contribution in [1.29, 1.82) is 0 Å². The van der Waals surface area contributed by atoms with Crippen LogP contribution in [0.1, 0.15) is 23.8 Å². The van der Waals surface area contributed by atoms with Gasteiger partial charge in [0.05, 0.1) is 22.6 Å². The van der Waals surface area contributed by atoms with Gasteiger partial charge < -0.3 is 15.4 Å². The minimum absolute atomic E-state index is 0.0109. The summed E-state index contributed by atoms with van der Waals surface area (Å²) in [6, 6.07) is 10.7. The van der Waals surface area contributed by atoms with Crippen molar-refractivity contribution in [2.75, 3.05) is 11.9 Å². The lowest BCUT2D eigenvalue weighted by molar-refractivity contribution is -0.153. The molecule has 0 saturated carbocycles. The number of halogens is 2. The van der Waals surface area contributed by atoms with Gasteiger partial charge in [0.1, 0.15) is 5.82 Å². The fourth-order valence-electron chi connectivity index (χ4n) is 2.63. The van der Waals surface area contributed by atoms with Crippen molar-refractivity contribution in [2.45, 2.75) is 19.4 Å². The van der Waals surface area contributed by atoms with Gasteiger partial charge in [0.25, 0.3) is 11.8 Å². The number of aromatic nitrogens is 2. The molecular formula is C20H18ClFN4O4. The number of esters is 1. The molecule has 1 heterocycles. The highest BCUT2D eigenvalue weighted by Gasteiger charge is 2.19. The number of aromatic amines is 1. The smallest absolute Gasteiger partial charge is 0.308 e. The maximum absolute atomic E-state index is 13.1. The van der Waals surface area contributed by atoms with E-state index in [1.807, 2.05) is 6.07 Å². The van der Waals surface area contributed by atoms with Crippen LogP contribution in [0.25, 0.3) is 10.9 Å². The summed E-state index contributed by atoms with van der Waals surface area (Å²) < 4.78 is 18.1. The number of hydrogen-bond donors (Lipinski definition) is 3. The third kappa shape index (κ3) is 5.12. The van der Waals surface area contributed by atoms with E-state index in [2.05, 4.69) is 20.8 Å². The maximum atomic E-state index is 13.1. The molecule has 1 atom stereocenters. The predicted molar refractivity (Wildman–Crippen MR) is 109 cm³/mol. The van der Waals surface area contributed by atoms with E-state index in [0.29, 0.717) is 5.39 Å². The number of ether oxygens (including phenoxy) is 1. The Labute approximate surface area is 175 Å². The summed E-state index contributed by atoms with van der Waals surface area (Å²) in [4.78, 5) is 36.3. The van der Waals surface area contributed by atoms with Gasteiger partial charge in [0, 0.05) is 11.9 Å². The number of anilines is 1. The first-order valence-corrected chi connectivity index (χ1v) is 9.39. The second kappa shape index (κ2) is 9.36. The van der Waals surface area contributed by atoms with Crippen molar-refractivity contribution in [3.63, 3.8) is 0 Å². The number of H-pyrrole nitrogens is 1. The summed E-state index contributed by atoms with van der Waals surface area (Å²) in [6.07, 6.45) is -1.24. The molecule has 0 saturated heterocycles. The molecule has 3 rings (SSSR count). The number of carbonyl (C=O) groups is 3.